The van der Waals surface area contributed by atoms with Gasteiger partial charge in [0, 0.05) is 36.9 Å². The van der Waals surface area contributed by atoms with Gasteiger partial charge in [-0.05, 0) is 77.3 Å². The van der Waals surface area contributed by atoms with Crippen LogP contribution in [0.15, 0.2) is 47.4 Å². The molecule has 44 heavy (non-hydrogen) atoms. The van der Waals surface area contributed by atoms with Gasteiger partial charge in [0.1, 0.15) is 28.7 Å². The third-order valence-corrected chi connectivity index (χ3v) is 7.74. The first-order chi connectivity index (χ1) is 20.7. The fourth-order valence-electron chi connectivity index (χ4n) is 5.65. The summed E-state index contributed by atoms with van der Waals surface area (Å²) in [5, 5.41) is 0.282. The van der Waals surface area contributed by atoms with Gasteiger partial charge in [0.2, 0.25) is 0 Å². The molecule has 0 spiro atoms. The summed E-state index contributed by atoms with van der Waals surface area (Å²) in [6.45, 7) is 15.6. The molecular formula is C33H38F2N6O3. The van der Waals surface area contributed by atoms with E-state index in [0.717, 1.165) is 5.56 Å². The van der Waals surface area contributed by atoms with Crippen molar-refractivity contribution in [3.05, 3.63) is 76.0 Å². The molecular weight excluding hydrogens is 566 g/mol. The average Bonchev–Trinajstić information content (AvgIpc) is 2.93. The van der Waals surface area contributed by atoms with E-state index in [0.29, 0.717) is 24.5 Å². The fourth-order valence-corrected chi connectivity index (χ4v) is 5.65. The Morgan fingerprint density at radius 3 is 2.39 bits per heavy atom. The van der Waals surface area contributed by atoms with Crippen LogP contribution >= 0.6 is 0 Å². The largest absolute Gasteiger partial charge is 0.444 e. The molecule has 1 fully saturated rings. The van der Waals surface area contributed by atoms with Crippen LogP contribution in [0.3, 0.4) is 0 Å². The lowest BCUT2D eigenvalue weighted by atomic mass is 10.0. The summed E-state index contributed by atoms with van der Waals surface area (Å²) < 4.78 is 37.8. The minimum atomic E-state index is -0.754. The number of piperazine rings is 1. The van der Waals surface area contributed by atoms with E-state index in [-0.39, 0.29) is 46.1 Å². The SMILES string of the molecule is Cc1ccnc(C(C)C)c1-n1c(=O)nc(N2C[C@@H](C)N(C(=O)OC(C)(C)C)C[C@@H]2C)c2cc(F)c(-c3ccccc3F)nc21. The number of hydrogen-bond acceptors (Lipinski definition) is 7. The predicted molar refractivity (Wildman–Crippen MR) is 166 cm³/mol. The summed E-state index contributed by atoms with van der Waals surface area (Å²) >= 11 is 0. The van der Waals surface area contributed by atoms with Crippen molar-refractivity contribution < 1.29 is 18.3 Å². The lowest BCUT2D eigenvalue weighted by Gasteiger charge is -2.44. The maximum Gasteiger partial charge on any atom is 0.410 e. The standard InChI is InChI=1S/C33H38F2N6O3/c1-18(2)26-28(19(3)13-14-36-26)41-30-23(15-25(35)27(37-30)22-11-9-10-12-24(22)34)29(38-31(41)42)39-16-21(5)40(17-20(39)4)32(43)44-33(6,7)8/h9-15,18,20-21H,16-17H2,1-8H3/t20-,21+/m0/s1. The highest BCUT2D eigenvalue weighted by atomic mass is 19.1. The number of aromatic nitrogens is 4. The van der Waals surface area contributed by atoms with Gasteiger partial charge in [0.05, 0.1) is 16.8 Å². The molecule has 4 aromatic rings. The van der Waals surface area contributed by atoms with Gasteiger partial charge in [-0.15, -0.1) is 0 Å². The van der Waals surface area contributed by atoms with Crippen molar-refractivity contribution in [2.45, 2.75) is 79.0 Å². The summed E-state index contributed by atoms with van der Waals surface area (Å²) in [4.78, 5) is 44.2. The summed E-state index contributed by atoms with van der Waals surface area (Å²) in [6.07, 6.45) is 1.24. The van der Waals surface area contributed by atoms with Crippen LogP contribution in [-0.4, -0.2) is 61.3 Å². The van der Waals surface area contributed by atoms with Crippen LogP contribution in [-0.2, 0) is 4.74 Å². The van der Waals surface area contributed by atoms with Crippen molar-refractivity contribution in [2.75, 3.05) is 18.0 Å². The maximum absolute atomic E-state index is 15.9. The molecule has 1 aromatic carbocycles. The predicted octanol–water partition coefficient (Wildman–Crippen LogP) is 6.39. The molecule has 3 aromatic heterocycles. The minimum absolute atomic E-state index is 0.0239. The molecule has 0 N–H and O–H groups in total. The number of carbonyl (C=O) groups is 1. The lowest BCUT2D eigenvalue weighted by molar-refractivity contribution is 0.0130. The highest BCUT2D eigenvalue weighted by molar-refractivity contribution is 5.90. The Morgan fingerprint density at radius 2 is 1.73 bits per heavy atom. The number of hydrogen-bond donors (Lipinski definition) is 0. The highest BCUT2D eigenvalue weighted by Gasteiger charge is 2.36. The summed E-state index contributed by atoms with van der Waals surface area (Å²) in [6, 6.07) is 8.25. The summed E-state index contributed by atoms with van der Waals surface area (Å²) in [5.41, 5.74) is 0.520. The fraction of sp³-hybridized carbons (Fsp3) is 0.424. The van der Waals surface area contributed by atoms with E-state index in [1.165, 1.54) is 28.8 Å². The first-order valence-corrected chi connectivity index (χ1v) is 14.8. The first-order valence-electron chi connectivity index (χ1n) is 14.8. The first kappa shape index (κ1) is 31.0. The Kier molecular flexibility index (Phi) is 8.17. The molecule has 4 heterocycles. The molecule has 1 amide bonds. The molecule has 0 radical (unpaired) electrons. The third kappa shape index (κ3) is 5.75. The topological polar surface area (TPSA) is 93.5 Å². The van der Waals surface area contributed by atoms with Crippen LogP contribution in [0, 0.1) is 18.6 Å². The molecule has 232 valence electrons. The number of fused-ring (bicyclic) bond motifs is 1. The second-order valence-electron chi connectivity index (χ2n) is 12.7. The van der Waals surface area contributed by atoms with Crippen molar-refractivity contribution in [1.29, 1.82) is 0 Å². The van der Waals surface area contributed by atoms with E-state index in [1.54, 1.807) is 23.2 Å². The maximum atomic E-state index is 15.9. The number of ether oxygens (including phenoxy) is 1. The van der Waals surface area contributed by atoms with Gasteiger partial charge in [-0.1, -0.05) is 26.0 Å². The number of halogens is 2. The second kappa shape index (κ2) is 11.6. The van der Waals surface area contributed by atoms with Gasteiger partial charge in [0.25, 0.3) is 0 Å². The van der Waals surface area contributed by atoms with E-state index < -0.39 is 29.0 Å². The van der Waals surface area contributed by atoms with Gasteiger partial charge in [-0.2, -0.15) is 4.98 Å². The average molecular weight is 605 g/mol. The molecule has 1 aliphatic heterocycles. The summed E-state index contributed by atoms with van der Waals surface area (Å²) in [5.74, 6) is -1.21. The van der Waals surface area contributed by atoms with Gasteiger partial charge in [-0.3, -0.25) is 4.98 Å². The van der Waals surface area contributed by atoms with E-state index >= 15 is 4.39 Å². The number of amides is 1. The van der Waals surface area contributed by atoms with Gasteiger partial charge in [-0.25, -0.2) is 27.9 Å². The number of benzene rings is 1. The highest BCUT2D eigenvalue weighted by Crippen LogP contribution is 2.34. The molecule has 1 aliphatic rings. The van der Waals surface area contributed by atoms with Crippen LogP contribution in [0.1, 0.15) is 65.6 Å². The van der Waals surface area contributed by atoms with Crippen LogP contribution < -0.4 is 10.6 Å². The molecule has 2 atom stereocenters. The van der Waals surface area contributed by atoms with Gasteiger partial charge >= 0.3 is 11.8 Å². The van der Waals surface area contributed by atoms with Crippen LogP contribution in [0.25, 0.3) is 28.0 Å². The molecule has 1 saturated heterocycles. The van der Waals surface area contributed by atoms with E-state index in [1.807, 2.05) is 60.3 Å². The molecule has 9 nitrogen and oxygen atoms in total. The molecule has 0 aliphatic carbocycles. The van der Waals surface area contributed by atoms with Gasteiger partial charge in [0.15, 0.2) is 5.65 Å². The van der Waals surface area contributed by atoms with Crippen LogP contribution in [0.4, 0.5) is 19.4 Å². The molecule has 11 heteroatoms. The third-order valence-electron chi connectivity index (χ3n) is 7.74. The monoisotopic (exact) mass is 604 g/mol. The zero-order valence-electron chi connectivity index (χ0n) is 26.4. The quantitative estimate of drug-likeness (QED) is 0.267. The van der Waals surface area contributed by atoms with Crippen molar-refractivity contribution in [3.63, 3.8) is 0 Å². The molecule has 5 rings (SSSR count). The number of pyridine rings is 2. The number of anilines is 1. The minimum Gasteiger partial charge on any atom is -0.444 e. The molecule has 0 unspecified atom stereocenters. The Hall–Kier alpha value is -4.41. The smallest absolute Gasteiger partial charge is 0.410 e. The Morgan fingerprint density at radius 1 is 1.02 bits per heavy atom. The number of carbonyl (C=O) groups excluding carboxylic acids is 1. The number of rotatable bonds is 4. The number of aryl methyl sites for hydroxylation is 1. The van der Waals surface area contributed by atoms with Crippen LogP contribution in [0.5, 0.6) is 0 Å². The summed E-state index contributed by atoms with van der Waals surface area (Å²) in [7, 11) is 0. The molecule has 0 bridgehead atoms. The van der Waals surface area contributed by atoms with Gasteiger partial charge < -0.3 is 14.5 Å². The van der Waals surface area contributed by atoms with E-state index in [9.17, 15) is 14.0 Å². The van der Waals surface area contributed by atoms with Crippen molar-refractivity contribution in [1.82, 2.24) is 24.4 Å². The normalized spacial score (nSPS) is 17.4. The van der Waals surface area contributed by atoms with Crippen molar-refractivity contribution in [3.8, 4) is 16.9 Å². The number of nitrogens with zero attached hydrogens (tertiary/aromatic N) is 6. The lowest BCUT2D eigenvalue weighted by Crippen LogP contribution is -2.59. The van der Waals surface area contributed by atoms with Crippen LogP contribution in [0.2, 0.25) is 0 Å². The van der Waals surface area contributed by atoms with E-state index in [4.69, 9.17) is 4.74 Å². The molecule has 0 saturated carbocycles. The Balaban J connectivity index is 1.74. The Labute approximate surface area is 255 Å². The van der Waals surface area contributed by atoms with Crippen molar-refractivity contribution >= 4 is 22.9 Å². The van der Waals surface area contributed by atoms with Crippen molar-refractivity contribution in [2.24, 2.45) is 0 Å². The van der Waals surface area contributed by atoms with E-state index in [2.05, 4.69) is 15.0 Å². The zero-order chi connectivity index (χ0) is 32.1. The second-order valence-corrected chi connectivity index (χ2v) is 12.7. The zero-order valence-corrected chi connectivity index (χ0v) is 26.4. The Bertz CT molecular complexity index is 1800.